The molecule has 0 atom stereocenters. The summed E-state index contributed by atoms with van der Waals surface area (Å²) in [6.45, 7) is 3.06. The molecule has 25 heavy (non-hydrogen) atoms. The first kappa shape index (κ1) is 15.7. The lowest BCUT2D eigenvalue weighted by atomic mass is 10.2. The number of nitrogens with zero attached hydrogens (tertiary/aromatic N) is 4. The van der Waals surface area contributed by atoms with Gasteiger partial charge in [0.05, 0.1) is 5.69 Å². The van der Waals surface area contributed by atoms with Crippen LogP contribution < -0.4 is 16.3 Å². The maximum absolute atomic E-state index is 12.8. The third-order valence-corrected chi connectivity index (χ3v) is 4.49. The van der Waals surface area contributed by atoms with Gasteiger partial charge in [0.25, 0.3) is 0 Å². The molecule has 0 amide bonds. The summed E-state index contributed by atoms with van der Waals surface area (Å²) in [6, 6.07) is 14.5. The number of hydrogen-bond acceptors (Lipinski definition) is 4. The molecule has 0 bridgehead atoms. The van der Waals surface area contributed by atoms with Crippen LogP contribution in [0.15, 0.2) is 58.1 Å². The molecular weight excluding hydrogens is 340 g/mol. The molecule has 2 heterocycles. The van der Waals surface area contributed by atoms with Crippen molar-refractivity contribution in [3.8, 4) is 5.69 Å². The average molecular weight is 355 g/mol. The standard InChI is InChI=1S/C18H15ClN4O2/c1-12-5-7-14(8-6-12)21-9-10-22-16(21)20-17(24)23(18(22)25)15-4-2-3-13(19)11-15/h2-8,11H,9-10H2,1H3. The Morgan fingerprint density at radius 3 is 2.48 bits per heavy atom. The molecule has 2 aromatic carbocycles. The first-order chi connectivity index (χ1) is 12.0. The van der Waals surface area contributed by atoms with E-state index in [0.29, 0.717) is 29.7 Å². The van der Waals surface area contributed by atoms with E-state index in [1.54, 1.807) is 24.3 Å². The summed E-state index contributed by atoms with van der Waals surface area (Å²) in [5, 5.41) is 0.454. The highest BCUT2D eigenvalue weighted by molar-refractivity contribution is 6.30. The summed E-state index contributed by atoms with van der Waals surface area (Å²) in [5.74, 6) is 0.372. The summed E-state index contributed by atoms with van der Waals surface area (Å²) in [4.78, 5) is 31.4. The number of hydrogen-bond donors (Lipinski definition) is 0. The van der Waals surface area contributed by atoms with Crippen LogP contribution in [0.3, 0.4) is 0 Å². The molecule has 126 valence electrons. The second-order valence-corrected chi connectivity index (χ2v) is 6.37. The minimum absolute atomic E-state index is 0.372. The lowest BCUT2D eigenvalue weighted by molar-refractivity contribution is 0.672. The van der Waals surface area contributed by atoms with Crippen LogP contribution in [0.2, 0.25) is 5.02 Å². The zero-order valence-electron chi connectivity index (χ0n) is 13.5. The van der Waals surface area contributed by atoms with Crippen LogP contribution in [-0.4, -0.2) is 20.7 Å². The molecule has 0 saturated heterocycles. The summed E-state index contributed by atoms with van der Waals surface area (Å²) >= 11 is 5.98. The van der Waals surface area contributed by atoms with E-state index in [-0.39, 0.29) is 0 Å². The minimum Gasteiger partial charge on any atom is -0.310 e. The van der Waals surface area contributed by atoms with Gasteiger partial charge in [0, 0.05) is 23.8 Å². The van der Waals surface area contributed by atoms with E-state index < -0.39 is 11.4 Å². The number of rotatable bonds is 2. The third-order valence-electron chi connectivity index (χ3n) is 4.25. The summed E-state index contributed by atoms with van der Waals surface area (Å²) < 4.78 is 2.57. The molecule has 7 heteroatoms. The second-order valence-electron chi connectivity index (χ2n) is 5.93. The maximum atomic E-state index is 12.8. The highest BCUT2D eigenvalue weighted by Gasteiger charge is 2.26. The molecule has 0 N–H and O–H groups in total. The first-order valence-electron chi connectivity index (χ1n) is 7.88. The monoisotopic (exact) mass is 354 g/mol. The van der Waals surface area contributed by atoms with Gasteiger partial charge in [-0.1, -0.05) is 35.4 Å². The Balaban J connectivity index is 1.86. The Hall–Kier alpha value is -2.86. The van der Waals surface area contributed by atoms with Crippen molar-refractivity contribution in [1.82, 2.24) is 14.1 Å². The van der Waals surface area contributed by atoms with Crippen molar-refractivity contribution in [1.29, 1.82) is 0 Å². The molecule has 1 aliphatic heterocycles. The van der Waals surface area contributed by atoms with E-state index >= 15 is 0 Å². The van der Waals surface area contributed by atoms with Crippen molar-refractivity contribution in [2.24, 2.45) is 0 Å². The molecular formula is C18H15ClN4O2. The summed E-state index contributed by atoms with van der Waals surface area (Å²) in [7, 11) is 0. The third kappa shape index (κ3) is 2.64. The molecule has 0 aliphatic carbocycles. The van der Waals surface area contributed by atoms with Gasteiger partial charge in [-0.25, -0.2) is 14.2 Å². The van der Waals surface area contributed by atoms with Crippen LogP contribution in [0.5, 0.6) is 0 Å². The van der Waals surface area contributed by atoms with E-state index in [2.05, 4.69) is 4.98 Å². The van der Waals surface area contributed by atoms with Crippen LogP contribution in [0, 0.1) is 6.92 Å². The van der Waals surface area contributed by atoms with E-state index in [1.165, 1.54) is 4.57 Å². The van der Waals surface area contributed by atoms with Crippen molar-refractivity contribution < 1.29 is 0 Å². The largest absolute Gasteiger partial charge is 0.359 e. The number of halogens is 1. The predicted molar refractivity (Wildman–Crippen MR) is 97.3 cm³/mol. The fraction of sp³-hybridized carbons (Fsp3) is 0.167. The Kier molecular flexibility index (Phi) is 3.69. The fourth-order valence-corrected chi connectivity index (χ4v) is 3.18. The number of anilines is 2. The van der Waals surface area contributed by atoms with Gasteiger partial charge in [-0.3, -0.25) is 4.57 Å². The zero-order valence-corrected chi connectivity index (χ0v) is 14.3. The van der Waals surface area contributed by atoms with Crippen LogP contribution in [0.1, 0.15) is 5.56 Å². The quantitative estimate of drug-likeness (QED) is 0.709. The van der Waals surface area contributed by atoms with Gasteiger partial charge in [-0.2, -0.15) is 4.98 Å². The normalized spacial score (nSPS) is 13.1. The van der Waals surface area contributed by atoms with Crippen LogP contribution in [-0.2, 0) is 6.54 Å². The second kappa shape index (κ2) is 5.89. The number of benzene rings is 2. The number of fused-ring (bicyclic) bond motifs is 1. The van der Waals surface area contributed by atoms with Crippen LogP contribution in [0.25, 0.3) is 5.69 Å². The molecule has 0 fully saturated rings. The fourth-order valence-electron chi connectivity index (χ4n) is 2.99. The van der Waals surface area contributed by atoms with Crippen LogP contribution in [0.4, 0.5) is 11.6 Å². The average Bonchev–Trinajstić information content (AvgIpc) is 3.00. The van der Waals surface area contributed by atoms with Crippen molar-refractivity contribution >= 4 is 23.2 Å². The lowest BCUT2D eigenvalue weighted by Crippen LogP contribution is -2.40. The van der Waals surface area contributed by atoms with Crippen molar-refractivity contribution in [3.63, 3.8) is 0 Å². The molecule has 1 aromatic heterocycles. The highest BCUT2D eigenvalue weighted by atomic mass is 35.5. The predicted octanol–water partition coefficient (Wildman–Crippen LogP) is 2.51. The Morgan fingerprint density at radius 2 is 1.76 bits per heavy atom. The molecule has 4 rings (SSSR count). The highest BCUT2D eigenvalue weighted by Crippen LogP contribution is 2.26. The van der Waals surface area contributed by atoms with Crippen molar-refractivity contribution in [3.05, 3.63) is 80.1 Å². The number of aryl methyl sites for hydroxylation is 1. The van der Waals surface area contributed by atoms with Crippen molar-refractivity contribution in [2.45, 2.75) is 13.5 Å². The van der Waals surface area contributed by atoms with E-state index in [0.717, 1.165) is 15.8 Å². The van der Waals surface area contributed by atoms with Crippen LogP contribution >= 0.6 is 11.6 Å². The van der Waals surface area contributed by atoms with Gasteiger partial charge in [0.15, 0.2) is 0 Å². The van der Waals surface area contributed by atoms with Gasteiger partial charge in [0.1, 0.15) is 0 Å². The number of aromatic nitrogens is 3. The molecule has 0 radical (unpaired) electrons. The smallest absolute Gasteiger partial charge is 0.310 e. The molecule has 3 aromatic rings. The van der Waals surface area contributed by atoms with Gasteiger partial charge in [-0.15, -0.1) is 0 Å². The Labute approximate surface area is 148 Å². The molecule has 0 unspecified atom stereocenters. The Morgan fingerprint density at radius 1 is 1.00 bits per heavy atom. The Bertz CT molecular complexity index is 1070. The first-order valence-corrected chi connectivity index (χ1v) is 8.26. The van der Waals surface area contributed by atoms with E-state index in [9.17, 15) is 9.59 Å². The summed E-state index contributed by atoms with van der Waals surface area (Å²) in [5.41, 5.74) is 1.44. The topological polar surface area (TPSA) is 60.1 Å². The van der Waals surface area contributed by atoms with Crippen molar-refractivity contribution in [2.75, 3.05) is 11.4 Å². The SMILES string of the molecule is Cc1ccc(N2CCn3c2nc(=O)n(-c2cccc(Cl)c2)c3=O)cc1. The van der Waals surface area contributed by atoms with E-state index in [4.69, 9.17) is 11.6 Å². The molecule has 0 saturated carbocycles. The molecule has 1 aliphatic rings. The van der Waals surface area contributed by atoms with Gasteiger partial charge in [0.2, 0.25) is 5.95 Å². The van der Waals surface area contributed by atoms with E-state index in [1.807, 2.05) is 36.1 Å². The zero-order chi connectivity index (χ0) is 17.6. The molecule has 6 nitrogen and oxygen atoms in total. The van der Waals surface area contributed by atoms with Gasteiger partial charge >= 0.3 is 11.4 Å². The minimum atomic E-state index is -0.613. The lowest BCUT2D eigenvalue weighted by Gasteiger charge is -2.17. The summed E-state index contributed by atoms with van der Waals surface area (Å²) in [6.07, 6.45) is 0. The van der Waals surface area contributed by atoms with Gasteiger partial charge in [-0.05, 0) is 37.3 Å². The molecule has 0 spiro atoms. The maximum Gasteiger partial charge on any atom is 0.359 e. The van der Waals surface area contributed by atoms with Gasteiger partial charge < -0.3 is 4.90 Å².